The minimum absolute atomic E-state index is 0.00261. The maximum Gasteiger partial charge on any atom is 0.311 e. The summed E-state index contributed by atoms with van der Waals surface area (Å²) in [5.41, 5.74) is 3.65. The van der Waals surface area contributed by atoms with Crippen LogP contribution in [-0.2, 0) is 22.4 Å². The van der Waals surface area contributed by atoms with Crippen LogP contribution in [0.25, 0.3) is 5.69 Å². The van der Waals surface area contributed by atoms with Crippen molar-refractivity contribution in [3.63, 3.8) is 0 Å². The SMILES string of the molecule is COC(=O)Cc1cc2c(n1-c1ccc(C(C)=O)cc1)CC(C)(C)CC2=O. The van der Waals surface area contributed by atoms with E-state index in [0.717, 1.165) is 23.5 Å². The van der Waals surface area contributed by atoms with Crippen LogP contribution in [0.1, 0.15) is 59.3 Å². The average Bonchev–Trinajstić information content (AvgIpc) is 2.91. The number of methoxy groups -OCH3 is 1. The molecule has 5 heteroatoms. The number of fused-ring (bicyclic) bond motifs is 1. The molecule has 1 aromatic heterocycles. The molecule has 0 saturated heterocycles. The molecule has 1 aliphatic rings. The molecule has 0 unspecified atom stereocenters. The smallest absolute Gasteiger partial charge is 0.311 e. The second-order valence-electron chi connectivity index (χ2n) is 7.63. The van der Waals surface area contributed by atoms with Crippen LogP contribution in [0.3, 0.4) is 0 Å². The summed E-state index contributed by atoms with van der Waals surface area (Å²) in [5, 5.41) is 0. The van der Waals surface area contributed by atoms with Gasteiger partial charge in [0.05, 0.1) is 13.5 Å². The predicted octanol–water partition coefficient (Wildman–Crippen LogP) is 3.55. The zero-order valence-electron chi connectivity index (χ0n) is 15.6. The molecule has 1 aliphatic carbocycles. The number of carbonyl (C=O) groups excluding carboxylic acids is 3. The van der Waals surface area contributed by atoms with Crippen molar-refractivity contribution in [2.45, 2.75) is 40.0 Å². The molecule has 0 atom stereocenters. The van der Waals surface area contributed by atoms with E-state index in [2.05, 4.69) is 13.8 Å². The summed E-state index contributed by atoms with van der Waals surface area (Å²) in [6.07, 6.45) is 1.32. The minimum Gasteiger partial charge on any atom is -0.469 e. The number of benzene rings is 1. The van der Waals surface area contributed by atoms with Crippen molar-refractivity contribution in [2.24, 2.45) is 5.41 Å². The molecule has 136 valence electrons. The van der Waals surface area contributed by atoms with E-state index in [-0.39, 0.29) is 29.4 Å². The molecule has 0 N–H and O–H groups in total. The second kappa shape index (κ2) is 6.56. The first-order valence-electron chi connectivity index (χ1n) is 8.67. The molecule has 0 bridgehead atoms. The number of ketones is 2. The molecular weight excluding hydrogens is 330 g/mol. The summed E-state index contributed by atoms with van der Waals surface area (Å²) < 4.78 is 6.78. The highest BCUT2D eigenvalue weighted by Crippen LogP contribution is 2.37. The van der Waals surface area contributed by atoms with Crippen molar-refractivity contribution in [2.75, 3.05) is 7.11 Å². The third-order valence-corrected chi connectivity index (χ3v) is 4.85. The summed E-state index contributed by atoms with van der Waals surface area (Å²) >= 11 is 0. The van der Waals surface area contributed by atoms with Crippen LogP contribution in [0.2, 0.25) is 0 Å². The van der Waals surface area contributed by atoms with Gasteiger partial charge in [0.2, 0.25) is 0 Å². The molecule has 1 heterocycles. The third-order valence-electron chi connectivity index (χ3n) is 4.85. The van der Waals surface area contributed by atoms with Crippen LogP contribution in [0.5, 0.6) is 0 Å². The topological polar surface area (TPSA) is 65.4 Å². The Bertz CT molecular complexity index is 887. The van der Waals surface area contributed by atoms with Gasteiger partial charge in [0.1, 0.15) is 0 Å². The van der Waals surface area contributed by atoms with Crippen molar-refractivity contribution in [1.29, 1.82) is 0 Å². The van der Waals surface area contributed by atoms with E-state index < -0.39 is 0 Å². The molecule has 5 nitrogen and oxygen atoms in total. The monoisotopic (exact) mass is 353 g/mol. The molecule has 0 saturated carbocycles. The van der Waals surface area contributed by atoms with Crippen molar-refractivity contribution in [3.8, 4) is 5.69 Å². The molecule has 3 rings (SSSR count). The lowest BCUT2D eigenvalue weighted by atomic mass is 9.76. The van der Waals surface area contributed by atoms with E-state index in [1.807, 2.05) is 22.8 Å². The van der Waals surface area contributed by atoms with Gasteiger partial charge in [-0.1, -0.05) is 13.8 Å². The Morgan fingerprint density at radius 3 is 2.38 bits per heavy atom. The second-order valence-corrected chi connectivity index (χ2v) is 7.63. The zero-order chi connectivity index (χ0) is 19.1. The molecule has 0 aliphatic heterocycles. The van der Waals surface area contributed by atoms with Gasteiger partial charge >= 0.3 is 5.97 Å². The van der Waals surface area contributed by atoms with Crippen LogP contribution in [0.4, 0.5) is 0 Å². The van der Waals surface area contributed by atoms with Gasteiger partial charge < -0.3 is 9.30 Å². The Morgan fingerprint density at radius 2 is 1.81 bits per heavy atom. The number of hydrogen-bond acceptors (Lipinski definition) is 4. The number of rotatable bonds is 4. The molecule has 26 heavy (non-hydrogen) atoms. The van der Waals surface area contributed by atoms with Crippen molar-refractivity contribution < 1.29 is 19.1 Å². The summed E-state index contributed by atoms with van der Waals surface area (Å²) in [5.74, 6) is -0.258. The maximum atomic E-state index is 12.6. The summed E-state index contributed by atoms with van der Waals surface area (Å²) in [4.78, 5) is 36.0. The summed E-state index contributed by atoms with van der Waals surface area (Å²) in [6, 6.07) is 9.04. The third kappa shape index (κ3) is 3.34. The first-order chi connectivity index (χ1) is 12.2. The molecule has 0 amide bonds. The quantitative estimate of drug-likeness (QED) is 0.623. The Labute approximate surface area is 153 Å². The largest absolute Gasteiger partial charge is 0.469 e. The van der Waals surface area contributed by atoms with E-state index in [1.54, 1.807) is 12.1 Å². The van der Waals surface area contributed by atoms with Crippen LogP contribution >= 0.6 is 0 Å². The minimum atomic E-state index is -0.354. The Kier molecular flexibility index (Phi) is 4.57. The van der Waals surface area contributed by atoms with Gasteiger partial charge in [-0.15, -0.1) is 0 Å². The van der Waals surface area contributed by atoms with Crippen molar-refractivity contribution >= 4 is 17.5 Å². The van der Waals surface area contributed by atoms with E-state index in [9.17, 15) is 14.4 Å². The number of nitrogens with zero attached hydrogens (tertiary/aromatic N) is 1. The lowest BCUT2D eigenvalue weighted by Gasteiger charge is -2.30. The number of ether oxygens (including phenoxy) is 1. The molecule has 0 fully saturated rings. The lowest BCUT2D eigenvalue weighted by molar-refractivity contribution is -0.139. The first kappa shape index (κ1) is 18.1. The van der Waals surface area contributed by atoms with E-state index in [4.69, 9.17) is 4.74 Å². The number of aromatic nitrogens is 1. The lowest BCUT2D eigenvalue weighted by Crippen LogP contribution is -2.28. The predicted molar refractivity (Wildman–Crippen MR) is 97.9 cm³/mol. The number of Topliss-reactive ketones (excluding diaryl/α,β-unsaturated/α-hetero) is 2. The van der Waals surface area contributed by atoms with Crippen LogP contribution in [-0.4, -0.2) is 29.2 Å². The van der Waals surface area contributed by atoms with Gasteiger partial charge in [-0.3, -0.25) is 14.4 Å². The van der Waals surface area contributed by atoms with Crippen molar-refractivity contribution in [3.05, 3.63) is 52.8 Å². The highest BCUT2D eigenvalue weighted by molar-refractivity contribution is 5.99. The van der Waals surface area contributed by atoms with E-state index in [1.165, 1.54) is 14.0 Å². The summed E-state index contributed by atoms with van der Waals surface area (Å²) in [7, 11) is 1.35. The molecule has 0 radical (unpaired) electrons. The first-order valence-corrected chi connectivity index (χ1v) is 8.67. The van der Waals surface area contributed by atoms with Crippen LogP contribution in [0.15, 0.2) is 30.3 Å². The average molecular weight is 353 g/mol. The van der Waals surface area contributed by atoms with Gasteiger partial charge in [-0.05, 0) is 49.1 Å². The summed E-state index contributed by atoms with van der Waals surface area (Å²) in [6.45, 7) is 5.67. The van der Waals surface area contributed by atoms with E-state index >= 15 is 0 Å². The fourth-order valence-corrected chi connectivity index (χ4v) is 3.59. The van der Waals surface area contributed by atoms with Gasteiger partial charge in [-0.2, -0.15) is 0 Å². The number of esters is 1. The highest BCUT2D eigenvalue weighted by atomic mass is 16.5. The Hall–Kier alpha value is -2.69. The van der Waals surface area contributed by atoms with Gasteiger partial charge in [0, 0.05) is 34.6 Å². The molecule has 1 aromatic carbocycles. The molecule has 0 spiro atoms. The Morgan fingerprint density at radius 1 is 1.15 bits per heavy atom. The Balaban J connectivity index is 2.16. The van der Waals surface area contributed by atoms with Gasteiger partial charge in [0.25, 0.3) is 0 Å². The number of carbonyl (C=O) groups is 3. The molecular formula is C21H23NO4. The van der Waals surface area contributed by atoms with Gasteiger partial charge in [-0.25, -0.2) is 0 Å². The fourth-order valence-electron chi connectivity index (χ4n) is 3.59. The zero-order valence-corrected chi connectivity index (χ0v) is 15.6. The van der Waals surface area contributed by atoms with Crippen LogP contribution < -0.4 is 0 Å². The fraction of sp³-hybridized carbons (Fsp3) is 0.381. The van der Waals surface area contributed by atoms with Crippen LogP contribution in [0, 0.1) is 5.41 Å². The van der Waals surface area contributed by atoms with Crippen molar-refractivity contribution in [1.82, 2.24) is 4.57 Å². The standard InChI is InChI=1S/C21H23NO4/c1-13(23)14-5-7-15(8-6-14)22-16(10-20(25)26-4)9-17-18(22)11-21(2,3)12-19(17)24/h5-9H,10-12H2,1-4H3. The molecule has 2 aromatic rings. The van der Waals surface area contributed by atoms with Gasteiger partial charge in [0.15, 0.2) is 11.6 Å². The highest BCUT2D eigenvalue weighted by Gasteiger charge is 2.35. The van der Waals surface area contributed by atoms with E-state index in [0.29, 0.717) is 17.5 Å². The normalized spacial score (nSPS) is 15.5. The maximum absolute atomic E-state index is 12.6. The number of hydrogen-bond donors (Lipinski definition) is 0.